The van der Waals surface area contributed by atoms with E-state index in [9.17, 15) is 23.2 Å². The van der Waals surface area contributed by atoms with Crippen LogP contribution < -0.4 is 5.69 Å². The van der Waals surface area contributed by atoms with Crippen LogP contribution in [0.5, 0.6) is 0 Å². The molecule has 12 heteroatoms. The van der Waals surface area contributed by atoms with Crippen molar-refractivity contribution in [2.24, 2.45) is 0 Å². The molecule has 2 radical (unpaired) electrons. The van der Waals surface area contributed by atoms with Crippen LogP contribution in [0.15, 0.2) is 17.1 Å². The van der Waals surface area contributed by atoms with Crippen LogP contribution in [0.25, 0.3) is 0 Å². The Morgan fingerprint density at radius 3 is 2.75 bits per heavy atom. The third kappa shape index (κ3) is 3.77. The summed E-state index contributed by atoms with van der Waals surface area (Å²) in [5.74, 6) is -3.66. The molecule has 0 aliphatic carbocycles. The number of carbonyl (C=O) groups is 2. The number of aromatic nitrogens is 2. The maximum Gasteiger partial charge on any atom is 0.371 e. The molecule has 126 valence electrons. The molecule has 0 amide bonds. The molecule has 2 rings (SSSR count). The van der Waals surface area contributed by atoms with Gasteiger partial charge in [0.1, 0.15) is 24.6 Å². The normalized spacial score (nSPS) is 25.2. The minimum atomic E-state index is -3.66. The van der Waals surface area contributed by atoms with Crippen molar-refractivity contribution in [2.75, 3.05) is 6.61 Å². The van der Waals surface area contributed by atoms with E-state index in [1.54, 1.807) is 0 Å². The number of hydrogen-bond donors (Lipinski definition) is 0. The summed E-state index contributed by atoms with van der Waals surface area (Å²) >= 11 is 0. The fourth-order valence-corrected chi connectivity index (χ4v) is 2.25. The van der Waals surface area contributed by atoms with Gasteiger partial charge in [-0.2, -0.15) is 13.8 Å². The van der Waals surface area contributed by atoms with Gasteiger partial charge in [-0.25, -0.2) is 4.79 Å². The number of aryl methyl sites for hydroxylation is 1. The molecule has 0 spiro atoms. The molecule has 3 unspecified atom stereocenters. The topological polar surface area (TPSA) is 96.7 Å². The van der Waals surface area contributed by atoms with Gasteiger partial charge in [0.15, 0.2) is 0 Å². The Morgan fingerprint density at radius 2 is 2.12 bits per heavy atom. The zero-order valence-electron chi connectivity index (χ0n) is 12.5. The lowest BCUT2D eigenvalue weighted by molar-refractivity contribution is -0.136. The monoisotopic (exact) mass is 340 g/mol. The van der Waals surface area contributed by atoms with Crippen molar-refractivity contribution in [2.45, 2.75) is 31.3 Å². The fourth-order valence-electron chi connectivity index (χ4n) is 2.25. The van der Waals surface area contributed by atoms with E-state index in [1.807, 2.05) is 0 Å². The Balaban J connectivity index is 2.29. The number of carbonyl (C=O) groups excluding carboxylic acids is 2. The molecule has 1 aliphatic heterocycles. The Bertz CT molecular complexity index is 659. The van der Waals surface area contributed by atoms with Crippen molar-refractivity contribution in [3.8, 4) is 0 Å². The Kier molecular flexibility index (Phi) is 5.97. The minimum absolute atomic E-state index is 0.193. The first kappa shape index (κ1) is 18.4. The average molecular weight is 340 g/mol. The maximum absolute atomic E-state index is 14.6. The van der Waals surface area contributed by atoms with Crippen molar-refractivity contribution in [3.05, 3.63) is 28.4 Å². The van der Waals surface area contributed by atoms with E-state index < -0.39 is 36.7 Å². The number of rotatable bonds is 8. The van der Waals surface area contributed by atoms with Crippen LogP contribution in [-0.4, -0.2) is 61.6 Å². The summed E-state index contributed by atoms with van der Waals surface area (Å²) in [5.41, 5.74) is -0.557. The first-order chi connectivity index (χ1) is 11.4. The molecule has 1 saturated heterocycles. The Labute approximate surface area is 136 Å². The smallest absolute Gasteiger partial charge is 0.371 e. The molecule has 1 aromatic rings. The van der Waals surface area contributed by atoms with Gasteiger partial charge < -0.3 is 23.6 Å². The maximum atomic E-state index is 14.6. The number of ether oxygens (including phenoxy) is 1. The summed E-state index contributed by atoms with van der Waals surface area (Å²) in [6.07, 6.45) is -3.56. The molecule has 1 aliphatic rings. The van der Waals surface area contributed by atoms with Gasteiger partial charge in [0, 0.05) is 11.9 Å². The van der Waals surface area contributed by atoms with Gasteiger partial charge >= 0.3 is 26.6 Å². The van der Waals surface area contributed by atoms with Gasteiger partial charge in [0.05, 0.1) is 6.61 Å². The summed E-state index contributed by atoms with van der Waals surface area (Å²) in [6.45, 7) is 1.10. The van der Waals surface area contributed by atoms with Gasteiger partial charge in [-0.05, 0) is 13.0 Å². The third-order valence-electron chi connectivity index (χ3n) is 3.26. The van der Waals surface area contributed by atoms with Crippen LogP contribution in [0.3, 0.4) is 0 Å². The number of halogens is 2. The zero-order valence-corrected chi connectivity index (χ0v) is 12.5. The second-order valence-electron chi connectivity index (χ2n) is 4.89. The highest BCUT2D eigenvalue weighted by atomic mass is 19.3. The van der Waals surface area contributed by atoms with Crippen molar-refractivity contribution < 1.29 is 32.4 Å². The molecule has 0 N–H and O–H groups in total. The molecule has 0 aromatic carbocycles. The molecule has 1 aromatic heterocycles. The molecule has 2 heterocycles. The van der Waals surface area contributed by atoms with Gasteiger partial charge in [-0.15, -0.1) is 0 Å². The summed E-state index contributed by atoms with van der Waals surface area (Å²) in [6, 6.07) is 1.37. The van der Waals surface area contributed by atoms with Crippen molar-refractivity contribution >= 4 is 27.3 Å². The molecule has 0 bridgehead atoms. The Morgan fingerprint density at radius 1 is 1.42 bits per heavy atom. The Hall–Kier alpha value is -1.91. The first-order valence-corrected chi connectivity index (χ1v) is 6.82. The van der Waals surface area contributed by atoms with Crippen molar-refractivity contribution in [1.29, 1.82) is 0 Å². The molecule has 24 heavy (non-hydrogen) atoms. The fraction of sp³-hybridized carbons (Fsp3) is 0.500. The summed E-state index contributed by atoms with van der Waals surface area (Å²) < 4.78 is 44.6. The molecular formula is C12H12B2F2N2O6. The van der Waals surface area contributed by atoms with Crippen LogP contribution in [0.2, 0.25) is 0 Å². The van der Waals surface area contributed by atoms with Crippen LogP contribution >= 0.6 is 0 Å². The van der Waals surface area contributed by atoms with Crippen LogP contribution in [0.1, 0.15) is 11.9 Å². The second-order valence-corrected chi connectivity index (χ2v) is 4.89. The first-order valence-electron chi connectivity index (χ1n) is 6.82. The van der Waals surface area contributed by atoms with Gasteiger partial charge in [0.25, 0.3) is 0 Å². The van der Waals surface area contributed by atoms with E-state index in [4.69, 9.17) is 14.0 Å². The lowest BCUT2D eigenvalue weighted by Gasteiger charge is -2.24. The van der Waals surface area contributed by atoms with Gasteiger partial charge in [0.2, 0.25) is 6.23 Å². The number of alkyl halides is 2. The predicted octanol–water partition coefficient (Wildman–Crippen LogP) is -0.895. The minimum Gasteiger partial charge on any atom is -0.429 e. The summed E-state index contributed by atoms with van der Waals surface area (Å²) in [4.78, 5) is 36.0. The zero-order chi connectivity index (χ0) is 17.7. The highest BCUT2D eigenvalue weighted by molar-refractivity contribution is 6.61. The average Bonchev–Trinajstić information content (AvgIpc) is 2.76. The van der Waals surface area contributed by atoms with E-state index in [0.29, 0.717) is 23.9 Å². The molecular weight excluding hydrogens is 328 g/mol. The summed E-state index contributed by atoms with van der Waals surface area (Å²) in [7, 11) is 1.31. The van der Waals surface area contributed by atoms with Gasteiger partial charge in [-0.3, -0.25) is 4.57 Å². The van der Waals surface area contributed by atoms with E-state index in [1.165, 1.54) is 13.0 Å². The summed E-state index contributed by atoms with van der Waals surface area (Å²) in [5, 5.41) is 0. The SMILES string of the molecule is Cc1ccn(C2OC(CO[B]C=O)C(O[B]C=O)C2(F)F)c(=O)n1. The third-order valence-corrected chi connectivity index (χ3v) is 3.26. The molecule has 1 fully saturated rings. The van der Waals surface area contributed by atoms with Gasteiger partial charge in [-0.1, -0.05) is 0 Å². The van der Waals surface area contributed by atoms with Crippen LogP contribution in [0.4, 0.5) is 8.78 Å². The number of nitrogens with zero attached hydrogens (tertiary/aromatic N) is 2. The van der Waals surface area contributed by atoms with E-state index >= 15 is 0 Å². The highest BCUT2D eigenvalue weighted by Crippen LogP contribution is 2.43. The lowest BCUT2D eigenvalue weighted by Crippen LogP contribution is -2.44. The highest BCUT2D eigenvalue weighted by Gasteiger charge is 2.60. The van der Waals surface area contributed by atoms with Crippen molar-refractivity contribution in [1.82, 2.24) is 9.55 Å². The van der Waals surface area contributed by atoms with Crippen LogP contribution in [0, 0.1) is 6.92 Å². The quantitative estimate of drug-likeness (QED) is 0.344. The number of hydrogen-bond acceptors (Lipinski definition) is 7. The van der Waals surface area contributed by atoms with Crippen LogP contribution in [-0.2, 0) is 23.6 Å². The predicted molar refractivity (Wildman–Crippen MR) is 77.9 cm³/mol. The molecule has 8 nitrogen and oxygen atoms in total. The van der Waals surface area contributed by atoms with E-state index in [2.05, 4.69) is 4.98 Å². The van der Waals surface area contributed by atoms with Crippen molar-refractivity contribution in [3.63, 3.8) is 0 Å². The molecule has 3 atom stereocenters. The van der Waals surface area contributed by atoms with E-state index in [-0.39, 0.29) is 6.19 Å². The standard InChI is InChI=1S/C12H12B2F2N2O6/c1-7-2-3-18(11(21)17-7)10-12(15,16)9(24-14-6-20)8(23-10)4-22-13-5-19/h2-3,5-6,8-10H,4H2,1H3. The second kappa shape index (κ2) is 7.77. The lowest BCUT2D eigenvalue weighted by atomic mass is 10.0. The molecule has 0 saturated carbocycles. The largest absolute Gasteiger partial charge is 0.429 e. The van der Waals surface area contributed by atoms with E-state index in [0.717, 1.165) is 13.7 Å².